The number of pyridine rings is 1. The van der Waals surface area contributed by atoms with Crippen LogP contribution in [0.5, 0.6) is 5.88 Å². The van der Waals surface area contributed by atoms with Gasteiger partial charge in [-0.3, -0.25) is 4.68 Å². The highest BCUT2D eigenvalue weighted by Gasteiger charge is 2.24. The minimum Gasteiger partial charge on any atom is -0.474 e. The predicted octanol–water partition coefficient (Wildman–Crippen LogP) is 2.91. The number of aromatic nitrogens is 3. The second-order valence-corrected chi connectivity index (χ2v) is 6.38. The lowest BCUT2D eigenvalue weighted by Gasteiger charge is -2.36. The monoisotopic (exact) mass is 314 g/mol. The van der Waals surface area contributed by atoms with Crippen molar-refractivity contribution >= 4 is 0 Å². The van der Waals surface area contributed by atoms with Gasteiger partial charge in [0.1, 0.15) is 6.10 Å². The minimum atomic E-state index is 0.291. The smallest absolute Gasteiger partial charge is 0.213 e. The number of piperidine rings is 1. The van der Waals surface area contributed by atoms with Gasteiger partial charge >= 0.3 is 0 Å². The van der Waals surface area contributed by atoms with Crippen LogP contribution in [0.1, 0.15) is 31.9 Å². The van der Waals surface area contributed by atoms with Crippen molar-refractivity contribution in [2.24, 2.45) is 0 Å². The molecule has 0 spiro atoms. The minimum absolute atomic E-state index is 0.291. The fraction of sp³-hybridized carbons (Fsp3) is 0.556. The third-order valence-electron chi connectivity index (χ3n) is 4.59. The van der Waals surface area contributed by atoms with E-state index < -0.39 is 0 Å². The molecule has 1 aliphatic rings. The standard InChI is InChI=1S/C18H26N4O/c1-15-5-3-6-18(20-15)23-17-8-12-21(13-9-17)16(2)7-14-22-11-4-10-19-22/h3-6,10-11,16-17H,7-9,12-14H2,1-2H3/t16-/m0/s1. The first-order valence-electron chi connectivity index (χ1n) is 8.52. The Morgan fingerprint density at radius 3 is 2.78 bits per heavy atom. The second kappa shape index (κ2) is 7.59. The highest BCUT2D eigenvalue weighted by molar-refractivity contribution is 5.15. The van der Waals surface area contributed by atoms with Gasteiger partial charge in [-0.25, -0.2) is 4.98 Å². The Balaban J connectivity index is 1.42. The van der Waals surface area contributed by atoms with Gasteiger partial charge in [-0.15, -0.1) is 0 Å². The molecule has 0 N–H and O–H groups in total. The Bertz CT molecular complexity index is 591. The van der Waals surface area contributed by atoms with Crippen molar-refractivity contribution in [3.05, 3.63) is 42.4 Å². The quantitative estimate of drug-likeness (QED) is 0.822. The van der Waals surface area contributed by atoms with Crippen molar-refractivity contribution in [3.63, 3.8) is 0 Å². The highest BCUT2D eigenvalue weighted by Crippen LogP contribution is 2.20. The summed E-state index contributed by atoms with van der Waals surface area (Å²) in [5.41, 5.74) is 1.01. The van der Waals surface area contributed by atoms with E-state index in [0.717, 1.165) is 50.5 Å². The highest BCUT2D eigenvalue weighted by atomic mass is 16.5. The van der Waals surface area contributed by atoms with E-state index in [1.807, 2.05) is 48.3 Å². The lowest BCUT2D eigenvalue weighted by Crippen LogP contribution is -2.43. The van der Waals surface area contributed by atoms with Crippen LogP contribution in [0.25, 0.3) is 0 Å². The van der Waals surface area contributed by atoms with E-state index in [1.54, 1.807) is 0 Å². The summed E-state index contributed by atoms with van der Waals surface area (Å²) in [4.78, 5) is 7.00. The number of hydrogen-bond acceptors (Lipinski definition) is 4. The zero-order valence-electron chi connectivity index (χ0n) is 14.1. The molecule has 0 saturated carbocycles. The summed E-state index contributed by atoms with van der Waals surface area (Å²) in [7, 11) is 0. The molecule has 1 saturated heterocycles. The van der Waals surface area contributed by atoms with Crippen molar-refractivity contribution in [1.29, 1.82) is 0 Å². The number of rotatable bonds is 6. The number of aryl methyl sites for hydroxylation is 2. The molecule has 23 heavy (non-hydrogen) atoms. The summed E-state index contributed by atoms with van der Waals surface area (Å²) < 4.78 is 8.04. The predicted molar refractivity (Wildman–Crippen MR) is 90.5 cm³/mol. The Hall–Kier alpha value is -1.88. The van der Waals surface area contributed by atoms with Gasteiger partial charge < -0.3 is 9.64 Å². The molecule has 5 heteroatoms. The topological polar surface area (TPSA) is 43.2 Å². The van der Waals surface area contributed by atoms with Crippen LogP contribution in [0.15, 0.2) is 36.7 Å². The lowest BCUT2D eigenvalue weighted by molar-refractivity contribution is 0.0732. The van der Waals surface area contributed by atoms with Crippen LogP contribution in [0.3, 0.4) is 0 Å². The Kier molecular flexibility index (Phi) is 5.28. The first-order chi connectivity index (χ1) is 11.2. The SMILES string of the molecule is Cc1cccc(OC2CCN([C@@H](C)CCn3cccn3)CC2)n1. The van der Waals surface area contributed by atoms with E-state index in [1.165, 1.54) is 0 Å². The number of ether oxygens (including phenoxy) is 1. The number of likely N-dealkylation sites (tertiary alicyclic amines) is 1. The number of nitrogens with zero attached hydrogens (tertiary/aromatic N) is 4. The molecule has 0 unspecified atom stereocenters. The maximum absolute atomic E-state index is 6.03. The fourth-order valence-corrected chi connectivity index (χ4v) is 3.12. The molecular formula is C18H26N4O. The van der Waals surface area contributed by atoms with Crippen molar-refractivity contribution < 1.29 is 4.74 Å². The molecular weight excluding hydrogens is 288 g/mol. The van der Waals surface area contributed by atoms with Crippen molar-refractivity contribution in [2.45, 2.75) is 51.8 Å². The van der Waals surface area contributed by atoms with E-state index in [0.29, 0.717) is 12.1 Å². The van der Waals surface area contributed by atoms with Gasteiger partial charge in [-0.1, -0.05) is 6.07 Å². The van der Waals surface area contributed by atoms with Crippen LogP contribution in [-0.4, -0.2) is 44.9 Å². The molecule has 2 aromatic heterocycles. The van der Waals surface area contributed by atoms with Gasteiger partial charge in [-0.2, -0.15) is 5.10 Å². The van der Waals surface area contributed by atoms with Gasteiger partial charge in [0.15, 0.2) is 0 Å². The van der Waals surface area contributed by atoms with Crippen LogP contribution < -0.4 is 4.74 Å². The van der Waals surface area contributed by atoms with Gasteiger partial charge in [0, 0.05) is 49.8 Å². The summed E-state index contributed by atoms with van der Waals surface area (Å²) in [5.74, 6) is 0.759. The third-order valence-corrected chi connectivity index (χ3v) is 4.59. The fourth-order valence-electron chi connectivity index (χ4n) is 3.12. The molecule has 124 valence electrons. The first-order valence-corrected chi connectivity index (χ1v) is 8.52. The Labute approximate surface area is 138 Å². The molecule has 1 atom stereocenters. The zero-order chi connectivity index (χ0) is 16.1. The van der Waals surface area contributed by atoms with Gasteiger partial charge in [-0.05, 0) is 45.2 Å². The maximum atomic E-state index is 6.03. The van der Waals surface area contributed by atoms with Gasteiger partial charge in [0.25, 0.3) is 0 Å². The van der Waals surface area contributed by atoms with Crippen molar-refractivity contribution in [3.8, 4) is 5.88 Å². The van der Waals surface area contributed by atoms with Crippen molar-refractivity contribution in [2.75, 3.05) is 13.1 Å². The molecule has 0 amide bonds. The van der Waals surface area contributed by atoms with Crippen molar-refractivity contribution in [1.82, 2.24) is 19.7 Å². The lowest BCUT2D eigenvalue weighted by atomic mass is 10.0. The van der Waals surface area contributed by atoms with E-state index >= 15 is 0 Å². The van der Waals surface area contributed by atoms with Crippen LogP contribution in [0.2, 0.25) is 0 Å². The normalized spacial score (nSPS) is 18.0. The van der Waals surface area contributed by atoms with Gasteiger partial charge in [0.2, 0.25) is 5.88 Å². The summed E-state index contributed by atoms with van der Waals surface area (Å²) in [6.45, 7) is 7.48. The summed E-state index contributed by atoms with van der Waals surface area (Å²) in [6, 6.07) is 8.51. The molecule has 0 radical (unpaired) electrons. The first kappa shape index (κ1) is 16.0. The second-order valence-electron chi connectivity index (χ2n) is 6.38. The summed E-state index contributed by atoms with van der Waals surface area (Å²) >= 11 is 0. The van der Waals surface area contributed by atoms with Crippen LogP contribution in [0, 0.1) is 6.92 Å². The largest absolute Gasteiger partial charge is 0.474 e. The van der Waals surface area contributed by atoms with E-state index in [2.05, 4.69) is 21.9 Å². The third kappa shape index (κ3) is 4.55. The van der Waals surface area contributed by atoms with Crippen LogP contribution in [-0.2, 0) is 6.54 Å². The summed E-state index contributed by atoms with van der Waals surface area (Å²) in [6.07, 6.45) is 7.43. The van der Waals surface area contributed by atoms with Crippen LogP contribution >= 0.6 is 0 Å². The molecule has 0 aliphatic carbocycles. The Morgan fingerprint density at radius 2 is 2.09 bits per heavy atom. The Morgan fingerprint density at radius 1 is 1.26 bits per heavy atom. The molecule has 0 aromatic carbocycles. The molecule has 3 rings (SSSR count). The molecule has 2 aromatic rings. The summed E-state index contributed by atoms with van der Waals surface area (Å²) in [5, 5.41) is 4.27. The average molecular weight is 314 g/mol. The zero-order valence-corrected chi connectivity index (χ0v) is 14.1. The molecule has 5 nitrogen and oxygen atoms in total. The maximum Gasteiger partial charge on any atom is 0.213 e. The average Bonchev–Trinajstić information content (AvgIpc) is 3.07. The van der Waals surface area contributed by atoms with E-state index in [4.69, 9.17) is 4.74 Å². The molecule has 3 heterocycles. The number of hydrogen-bond donors (Lipinski definition) is 0. The van der Waals surface area contributed by atoms with Gasteiger partial charge in [0.05, 0.1) is 0 Å². The van der Waals surface area contributed by atoms with E-state index in [-0.39, 0.29) is 0 Å². The molecule has 1 aliphatic heterocycles. The molecule has 1 fully saturated rings. The van der Waals surface area contributed by atoms with E-state index in [9.17, 15) is 0 Å². The van der Waals surface area contributed by atoms with Crippen LogP contribution in [0.4, 0.5) is 0 Å². The molecule has 0 bridgehead atoms.